The zero-order valence-electron chi connectivity index (χ0n) is 15.9. The van der Waals surface area contributed by atoms with Gasteiger partial charge in [0.15, 0.2) is 10.1 Å². The lowest BCUT2D eigenvalue weighted by atomic mass is 10.2. The second-order valence-corrected chi connectivity index (χ2v) is 9.64. The third-order valence-electron chi connectivity index (χ3n) is 4.16. The van der Waals surface area contributed by atoms with Crippen molar-refractivity contribution in [2.45, 2.75) is 28.4 Å². The standard InChI is InChI=1S/C20H18ClN3O4S2/c1-13-7-8-15(9-16(13)21)30(27,28)17-11-23-20(24-19(17)26)29-12-18(25)22-10-14-5-3-2-4-6-14/h2-9,11H,10,12H2,1H3,(H,22,25)(H,23,24,26). The van der Waals surface area contributed by atoms with Gasteiger partial charge in [-0.1, -0.05) is 59.8 Å². The topological polar surface area (TPSA) is 109 Å². The van der Waals surface area contributed by atoms with E-state index < -0.39 is 20.3 Å². The molecule has 0 bridgehead atoms. The van der Waals surface area contributed by atoms with Gasteiger partial charge in [-0.25, -0.2) is 13.4 Å². The number of nitrogens with zero attached hydrogens (tertiary/aromatic N) is 1. The van der Waals surface area contributed by atoms with Crippen LogP contribution in [0.4, 0.5) is 0 Å². The summed E-state index contributed by atoms with van der Waals surface area (Å²) in [6.45, 7) is 2.13. The van der Waals surface area contributed by atoms with Crippen LogP contribution in [-0.4, -0.2) is 30.0 Å². The molecule has 3 rings (SSSR count). The van der Waals surface area contributed by atoms with Gasteiger partial charge in [0.2, 0.25) is 15.7 Å². The summed E-state index contributed by atoms with van der Waals surface area (Å²) in [6.07, 6.45) is 0.992. The van der Waals surface area contributed by atoms with Crippen LogP contribution in [0, 0.1) is 6.92 Å². The normalized spacial score (nSPS) is 11.3. The van der Waals surface area contributed by atoms with Crippen molar-refractivity contribution in [3.05, 3.63) is 81.2 Å². The molecule has 7 nitrogen and oxygen atoms in total. The molecule has 2 N–H and O–H groups in total. The van der Waals surface area contributed by atoms with Crippen LogP contribution in [0.5, 0.6) is 0 Å². The number of amides is 1. The Kier molecular flexibility index (Phi) is 6.96. The third kappa shape index (κ3) is 5.29. The highest BCUT2D eigenvalue weighted by atomic mass is 35.5. The largest absolute Gasteiger partial charge is 0.351 e. The van der Waals surface area contributed by atoms with Gasteiger partial charge in [0.05, 0.1) is 16.8 Å². The van der Waals surface area contributed by atoms with Crippen molar-refractivity contribution in [1.82, 2.24) is 15.3 Å². The number of aromatic amines is 1. The molecule has 1 amide bonds. The van der Waals surface area contributed by atoms with E-state index in [1.54, 1.807) is 13.0 Å². The Morgan fingerprint density at radius 2 is 1.93 bits per heavy atom. The van der Waals surface area contributed by atoms with Gasteiger partial charge in [0, 0.05) is 11.6 Å². The molecule has 0 unspecified atom stereocenters. The number of sulfone groups is 1. The highest BCUT2D eigenvalue weighted by Crippen LogP contribution is 2.24. The van der Waals surface area contributed by atoms with Crippen molar-refractivity contribution >= 4 is 39.1 Å². The number of thioether (sulfide) groups is 1. The summed E-state index contributed by atoms with van der Waals surface area (Å²) >= 11 is 7.00. The van der Waals surface area contributed by atoms with Gasteiger partial charge < -0.3 is 10.3 Å². The second-order valence-electron chi connectivity index (χ2n) is 6.35. The average Bonchev–Trinajstić information content (AvgIpc) is 2.73. The number of nitrogens with one attached hydrogen (secondary N) is 2. The number of hydrogen-bond acceptors (Lipinski definition) is 6. The summed E-state index contributed by atoms with van der Waals surface area (Å²) in [6, 6.07) is 13.7. The van der Waals surface area contributed by atoms with E-state index in [0.29, 0.717) is 6.54 Å². The molecule has 0 aliphatic rings. The third-order valence-corrected chi connectivity index (χ3v) is 7.20. The molecule has 1 aromatic heterocycles. The van der Waals surface area contributed by atoms with E-state index in [0.717, 1.165) is 29.1 Å². The van der Waals surface area contributed by atoms with Crippen LogP contribution in [0.2, 0.25) is 5.02 Å². The number of rotatable bonds is 7. The van der Waals surface area contributed by atoms with E-state index in [4.69, 9.17) is 11.6 Å². The van der Waals surface area contributed by atoms with E-state index in [9.17, 15) is 18.0 Å². The molecule has 0 radical (unpaired) electrons. The summed E-state index contributed by atoms with van der Waals surface area (Å²) < 4.78 is 25.5. The van der Waals surface area contributed by atoms with E-state index in [2.05, 4.69) is 15.3 Å². The molecule has 3 aromatic rings. The van der Waals surface area contributed by atoms with Crippen LogP contribution < -0.4 is 10.9 Å². The van der Waals surface area contributed by atoms with Crippen molar-refractivity contribution in [2.75, 3.05) is 5.75 Å². The number of benzene rings is 2. The lowest BCUT2D eigenvalue weighted by molar-refractivity contribution is -0.118. The molecule has 0 saturated heterocycles. The van der Waals surface area contributed by atoms with Gasteiger partial charge in [-0.3, -0.25) is 9.59 Å². The summed E-state index contributed by atoms with van der Waals surface area (Å²) in [5.74, 6) is -0.215. The Morgan fingerprint density at radius 3 is 2.60 bits per heavy atom. The lowest BCUT2D eigenvalue weighted by Gasteiger charge is -2.07. The zero-order valence-corrected chi connectivity index (χ0v) is 18.3. The molecule has 0 spiro atoms. The quantitative estimate of drug-likeness (QED) is 0.412. The Bertz CT molecular complexity index is 1230. The Labute approximate surface area is 182 Å². The Balaban J connectivity index is 1.67. The number of aromatic nitrogens is 2. The summed E-state index contributed by atoms with van der Waals surface area (Å²) in [5, 5.41) is 3.20. The van der Waals surface area contributed by atoms with Crippen molar-refractivity contribution < 1.29 is 13.2 Å². The molecule has 0 saturated carbocycles. The molecule has 10 heteroatoms. The molecule has 30 heavy (non-hydrogen) atoms. The zero-order chi connectivity index (χ0) is 21.7. The average molecular weight is 464 g/mol. The maximum atomic E-state index is 12.7. The number of carbonyl (C=O) groups excluding carboxylic acids is 1. The van der Waals surface area contributed by atoms with Gasteiger partial charge in [0.25, 0.3) is 5.56 Å². The van der Waals surface area contributed by atoms with Crippen LogP contribution in [0.15, 0.2) is 74.5 Å². The minimum atomic E-state index is -4.08. The van der Waals surface area contributed by atoms with E-state index in [1.807, 2.05) is 30.3 Å². The van der Waals surface area contributed by atoms with Crippen LogP contribution in [0.3, 0.4) is 0 Å². The SMILES string of the molecule is Cc1ccc(S(=O)(=O)c2cnc(SCC(=O)NCc3ccccc3)[nH]c2=O)cc1Cl. The molecular formula is C20H18ClN3O4S2. The van der Waals surface area contributed by atoms with Gasteiger partial charge >= 0.3 is 0 Å². The number of H-pyrrole nitrogens is 1. The summed E-state index contributed by atoms with van der Waals surface area (Å²) in [4.78, 5) is 30.1. The summed E-state index contributed by atoms with van der Waals surface area (Å²) in [5.41, 5.74) is 0.877. The fourth-order valence-electron chi connectivity index (χ4n) is 2.48. The Morgan fingerprint density at radius 1 is 1.20 bits per heavy atom. The molecule has 0 atom stereocenters. The van der Waals surface area contributed by atoms with Crippen LogP contribution in [0.1, 0.15) is 11.1 Å². The van der Waals surface area contributed by atoms with Crippen molar-refractivity contribution in [2.24, 2.45) is 0 Å². The molecule has 156 valence electrons. The predicted molar refractivity (Wildman–Crippen MR) is 116 cm³/mol. The van der Waals surface area contributed by atoms with Crippen LogP contribution >= 0.6 is 23.4 Å². The molecular weight excluding hydrogens is 446 g/mol. The smallest absolute Gasteiger partial charge is 0.270 e. The van der Waals surface area contributed by atoms with E-state index in [1.165, 1.54) is 12.1 Å². The van der Waals surface area contributed by atoms with Crippen molar-refractivity contribution in [3.8, 4) is 0 Å². The second kappa shape index (κ2) is 9.46. The van der Waals surface area contributed by atoms with Gasteiger partial charge in [-0.05, 0) is 30.2 Å². The Hall–Kier alpha value is -2.62. The van der Waals surface area contributed by atoms with Crippen molar-refractivity contribution in [3.63, 3.8) is 0 Å². The molecule has 0 aliphatic carbocycles. The number of aryl methyl sites for hydroxylation is 1. The minimum absolute atomic E-state index is 0.0233. The number of halogens is 1. The van der Waals surface area contributed by atoms with Gasteiger partial charge in [-0.15, -0.1) is 0 Å². The molecule has 2 aromatic carbocycles. The minimum Gasteiger partial charge on any atom is -0.351 e. The van der Waals surface area contributed by atoms with E-state index >= 15 is 0 Å². The van der Waals surface area contributed by atoms with Crippen molar-refractivity contribution in [1.29, 1.82) is 0 Å². The number of carbonyl (C=O) groups is 1. The van der Waals surface area contributed by atoms with Crippen LogP contribution in [-0.2, 0) is 21.2 Å². The maximum absolute atomic E-state index is 12.7. The molecule has 0 aliphatic heterocycles. The predicted octanol–water partition coefficient (Wildman–Crippen LogP) is 2.97. The van der Waals surface area contributed by atoms with Gasteiger partial charge in [0.1, 0.15) is 0 Å². The lowest BCUT2D eigenvalue weighted by Crippen LogP contribution is -2.25. The highest BCUT2D eigenvalue weighted by molar-refractivity contribution is 7.99. The van der Waals surface area contributed by atoms with Gasteiger partial charge in [-0.2, -0.15) is 0 Å². The first-order chi connectivity index (χ1) is 14.3. The molecule has 1 heterocycles. The van der Waals surface area contributed by atoms with E-state index in [-0.39, 0.29) is 26.7 Å². The fraction of sp³-hybridized carbons (Fsp3) is 0.150. The number of hydrogen-bond donors (Lipinski definition) is 2. The summed E-state index contributed by atoms with van der Waals surface area (Å²) in [7, 11) is -4.08. The monoisotopic (exact) mass is 463 g/mol. The van der Waals surface area contributed by atoms with Crippen LogP contribution in [0.25, 0.3) is 0 Å². The fourth-order valence-corrected chi connectivity index (χ4v) is 4.65. The first-order valence-corrected chi connectivity index (χ1v) is 11.7. The first kappa shape index (κ1) is 22.1. The highest BCUT2D eigenvalue weighted by Gasteiger charge is 2.23. The first-order valence-electron chi connectivity index (χ1n) is 8.81. The maximum Gasteiger partial charge on any atom is 0.270 e. The molecule has 0 fully saturated rings.